The summed E-state index contributed by atoms with van der Waals surface area (Å²) in [5, 5.41) is 10.0. The number of aromatic nitrogens is 2. The molecule has 0 aliphatic rings. The van der Waals surface area contributed by atoms with Crippen LogP contribution in [0.1, 0.15) is 56.5 Å². The fourth-order valence-electron chi connectivity index (χ4n) is 4.27. The predicted molar refractivity (Wildman–Crippen MR) is 154 cm³/mol. The van der Waals surface area contributed by atoms with Gasteiger partial charge in [0, 0.05) is 18.2 Å². The highest BCUT2D eigenvalue weighted by molar-refractivity contribution is 6.02. The molecule has 11 heteroatoms. The minimum absolute atomic E-state index is 0.0237. The number of carbonyl (C=O) groups excluding carboxylic acids is 4. The number of hydrogen-bond donors (Lipinski definition) is 2. The average Bonchev–Trinajstić information content (AvgIpc) is 3.40. The molecule has 0 saturated carbocycles. The van der Waals surface area contributed by atoms with Gasteiger partial charge < -0.3 is 20.1 Å². The summed E-state index contributed by atoms with van der Waals surface area (Å²) >= 11 is 0. The molecule has 2 amide bonds. The van der Waals surface area contributed by atoms with Crippen LogP contribution in [0.25, 0.3) is 16.9 Å². The van der Waals surface area contributed by atoms with Gasteiger partial charge in [-0.15, -0.1) is 0 Å². The summed E-state index contributed by atoms with van der Waals surface area (Å²) in [7, 11) is 0. The van der Waals surface area contributed by atoms with Gasteiger partial charge in [-0.05, 0) is 63.4 Å². The Morgan fingerprint density at radius 1 is 0.976 bits per heavy atom. The maximum Gasteiger partial charge on any atom is 0.328 e. The van der Waals surface area contributed by atoms with Crippen LogP contribution >= 0.6 is 0 Å². The van der Waals surface area contributed by atoms with Crippen LogP contribution in [0.5, 0.6) is 0 Å². The number of halogens is 1. The largest absolute Gasteiger partial charge is 0.466 e. The van der Waals surface area contributed by atoms with E-state index in [-0.39, 0.29) is 37.5 Å². The van der Waals surface area contributed by atoms with Crippen molar-refractivity contribution in [3.05, 3.63) is 71.7 Å². The smallest absolute Gasteiger partial charge is 0.328 e. The molecule has 0 aliphatic carbocycles. The van der Waals surface area contributed by atoms with E-state index in [4.69, 9.17) is 9.47 Å². The van der Waals surface area contributed by atoms with Gasteiger partial charge in [-0.2, -0.15) is 5.10 Å². The molecule has 2 atom stereocenters. The van der Waals surface area contributed by atoms with Crippen molar-refractivity contribution >= 4 is 23.8 Å². The van der Waals surface area contributed by atoms with Crippen molar-refractivity contribution in [2.24, 2.45) is 5.92 Å². The van der Waals surface area contributed by atoms with Crippen LogP contribution in [0.15, 0.2) is 54.7 Å². The van der Waals surface area contributed by atoms with Crippen LogP contribution in [0.3, 0.4) is 0 Å². The highest BCUT2D eigenvalue weighted by Gasteiger charge is 2.31. The van der Waals surface area contributed by atoms with Gasteiger partial charge in [0.25, 0.3) is 5.91 Å². The van der Waals surface area contributed by atoms with E-state index in [0.717, 1.165) is 5.56 Å². The molecule has 10 nitrogen and oxygen atoms in total. The molecule has 42 heavy (non-hydrogen) atoms. The summed E-state index contributed by atoms with van der Waals surface area (Å²) in [6.07, 6.45) is 1.40. The van der Waals surface area contributed by atoms with E-state index < -0.39 is 41.7 Å². The van der Waals surface area contributed by atoms with Crippen molar-refractivity contribution in [3.63, 3.8) is 0 Å². The lowest BCUT2D eigenvalue weighted by molar-refractivity contribution is -0.149. The number of ether oxygens (including phenoxy) is 2. The third-order valence-electron chi connectivity index (χ3n) is 6.41. The zero-order valence-electron chi connectivity index (χ0n) is 24.5. The third-order valence-corrected chi connectivity index (χ3v) is 6.41. The number of rotatable bonds is 13. The fourth-order valence-corrected chi connectivity index (χ4v) is 4.27. The van der Waals surface area contributed by atoms with Gasteiger partial charge in [-0.3, -0.25) is 14.4 Å². The van der Waals surface area contributed by atoms with Crippen molar-refractivity contribution in [1.82, 2.24) is 20.4 Å². The third kappa shape index (κ3) is 8.48. The van der Waals surface area contributed by atoms with Gasteiger partial charge in [-0.25, -0.2) is 13.9 Å². The van der Waals surface area contributed by atoms with E-state index in [9.17, 15) is 23.6 Å². The molecule has 3 rings (SSSR count). The molecular formula is C31H37FN4O6. The maximum absolute atomic E-state index is 13.7. The van der Waals surface area contributed by atoms with Crippen molar-refractivity contribution in [2.75, 3.05) is 13.2 Å². The zero-order valence-corrected chi connectivity index (χ0v) is 24.5. The zero-order chi connectivity index (χ0) is 30.8. The summed E-state index contributed by atoms with van der Waals surface area (Å²) in [5.41, 5.74) is 2.77. The van der Waals surface area contributed by atoms with Crippen LogP contribution < -0.4 is 10.6 Å². The van der Waals surface area contributed by atoms with E-state index in [1.54, 1.807) is 39.8 Å². The van der Waals surface area contributed by atoms with Gasteiger partial charge in [0.15, 0.2) is 0 Å². The molecule has 0 fully saturated rings. The fraction of sp³-hybridized carbons (Fsp3) is 0.387. The van der Waals surface area contributed by atoms with Crippen LogP contribution in [0.2, 0.25) is 0 Å². The highest BCUT2D eigenvalue weighted by Crippen LogP contribution is 2.25. The first-order valence-corrected chi connectivity index (χ1v) is 13.9. The Morgan fingerprint density at radius 2 is 1.67 bits per heavy atom. The molecule has 1 heterocycles. The molecule has 2 N–H and O–H groups in total. The van der Waals surface area contributed by atoms with Crippen LogP contribution in [0.4, 0.5) is 4.39 Å². The van der Waals surface area contributed by atoms with Crippen LogP contribution in [-0.2, 0) is 23.9 Å². The number of benzene rings is 2. The second-order valence-corrected chi connectivity index (χ2v) is 10.0. The number of nitrogens with one attached hydrogen (secondary N) is 2. The molecule has 0 spiro atoms. The molecule has 3 aromatic rings. The van der Waals surface area contributed by atoms with Crippen LogP contribution in [-0.4, -0.2) is 58.8 Å². The first kappa shape index (κ1) is 32.0. The quantitative estimate of drug-likeness (QED) is 0.291. The van der Waals surface area contributed by atoms with Crippen LogP contribution in [0, 0.1) is 18.7 Å². The number of esters is 2. The SMILES string of the molecule is CCOC(=O)CC[C@@H](NC(=O)[C@@H](NC(=O)c1cn(-c2ccc(F)cc2)nc1-c1cccc(C)c1)C(C)C)C(=O)OCC. The standard InChI is InChI=1S/C31H37FN4O6/c1-6-41-26(37)16-15-25(31(40)42-7-2)33-30(39)27(19(3)4)34-29(38)24-18-36(23-13-11-22(32)12-14-23)35-28(24)21-10-8-9-20(5)17-21/h8-14,17-19,25,27H,6-7,15-16H2,1-5H3,(H,33,39)(H,34,38)/t25-,27+/m1/s1. The van der Waals surface area contributed by atoms with E-state index in [2.05, 4.69) is 15.7 Å². The Labute approximate surface area is 244 Å². The summed E-state index contributed by atoms with van der Waals surface area (Å²) < 4.78 is 25.0. The first-order chi connectivity index (χ1) is 20.0. The Balaban J connectivity index is 1.89. The van der Waals surface area contributed by atoms with Crippen molar-refractivity contribution in [2.45, 2.75) is 59.5 Å². The van der Waals surface area contributed by atoms with Gasteiger partial charge in [0.2, 0.25) is 5.91 Å². The predicted octanol–water partition coefficient (Wildman–Crippen LogP) is 4.13. The molecule has 2 aromatic carbocycles. The van der Waals surface area contributed by atoms with E-state index in [1.165, 1.54) is 23.0 Å². The van der Waals surface area contributed by atoms with Gasteiger partial charge >= 0.3 is 11.9 Å². The molecule has 0 aliphatic heterocycles. The average molecular weight is 581 g/mol. The van der Waals surface area contributed by atoms with Crippen molar-refractivity contribution in [1.29, 1.82) is 0 Å². The maximum atomic E-state index is 13.7. The number of amides is 2. The summed E-state index contributed by atoms with van der Waals surface area (Å²) in [4.78, 5) is 51.5. The lowest BCUT2D eigenvalue weighted by atomic mass is 10.0. The number of aryl methyl sites for hydroxylation is 1. The normalized spacial score (nSPS) is 12.4. The molecule has 0 radical (unpaired) electrons. The van der Waals surface area contributed by atoms with E-state index in [0.29, 0.717) is 16.9 Å². The Hall–Kier alpha value is -4.54. The lowest BCUT2D eigenvalue weighted by Gasteiger charge is -2.24. The summed E-state index contributed by atoms with van der Waals surface area (Å²) in [6, 6.07) is 11.0. The monoisotopic (exact) mass is 580 g/mol. The van der Waals surface area contributed by atoms with Crippen molar-refractivity contribution in [3.8, 4) is 16.9 Å². The Kier molecular flexibility index (Phi) is 11.3. The second-order valence-electron chi connectivity index (χ2n) is 10.0. The molecule has 224 valence electrons. The molecule has 0 saturated heterocycles. The minimum Gasteiger partial charge on any atom is -0.466 e. The second kappa shape index (κ2) is 14.9. The number of carbonyl (C=O) groups is 4. The van der Waals surface area contributed by atoms with E-state index >= 15 is 0 Å². The number of hydrogen-bond acceptors (Lipinski definition) is 7. The Morgan fingerprint density at radius 3 is 2.29 bits per heavy atom. The molecular weight excluding hydrogens is 543 g/mol. The van der Waals surface area contributed by atoms with Gasteiger partial charge in [-0.1, -0.05) is 37.6 Å². The topological polar surface area (TPSA) is 129 Å². The van der Waals surface area contributed by atoms with E-state index in [1.807, 2.05) is 31.2 Å². The summed E-state index contributed by atoms with van der Waals surface area (Å²) in [6.45, 7) is 9.02. The Bertz CT molecular complexity index is 1400. The lowest BCUT2D eigenvalue weighted by Crippen LogP contribution is -2.54. The summed E-state index contributed by atoms with van der Waals surface area (Å²) in [5.74, 6) is -3.13. The first-order valence-electron chi connectivity index (χ1n) is 13.9. The number of nitrogens with zero attached hydrogens (tertiary/aromatic N) is 2. The molecule has 1 aromatic heterocycles. The minimum atomic E-state index is -1.11. The molecule has 0 unspecified atom stereocenters. The van der Waals surface area contributed by atoms with Gasteiger partial charge in [0.05, 0.1) is 24.5 Å². The highest BCUT2D eigenvalue weighted by atomic mass is 19.1. The van der Waals surface area contributed by atoms with Gasteiger partial charge in [0.1, 0.15) is 23.6 Å². The van der Waals surface area contributed by atoms with Crippen molar-refractivity contribution < 1.29 is 33.0 Å². The molecule has 0 bridgehead atoms.